The summed E-state index contributed by atoms with van der Waals surface area (Å²) in [5.41, 5.74) is 0.106. The van der Waals surface area contributed by atoms with Gasteiger partial charge in [-0.05, 0) is 13.5 Å². The molecule has 0 aliphatic carbocycles. The fraction of sp³-hybridized carbons (Fsp3) is 0.545. The number of carbonyl (C=O) groups excluding carboxylic acids is 1. The molecule has 0 fully saturated rings. The first-order chi connectivity index (χ1) is 8.92. The number of likely N-dealkylation sites (N-methyl/N-ethyl adjacent to an activating group) is 1. The van der Waals surface area contributed by atoms with E-state index in [1.165, 1.54) is 14.0 Å². The Balaban J connectivity index is 2.82. The van der Waals surface area contributed by atoms with Crippen molar-refractivity contribution in [1.82, 2.24) is 10.0 Å². The molecule has 108 valence electrons. The molecule has 0 aromatic carbocycles. The standard InChI is InChI=1S/C11H18N2O5S/c1-4-12-5-6-13-19(15,16)10-7-9(8(2)18-10)11(14)17-3/h7,12-13H,4-6H2,1-3H3. The average molecular weight is 290 g/mol. The summed E-state index contributed by atoms with van der Waals surface area (Å²) in [4.78, 5) is 11.4. The zero-order valence-corrected chi connectivity index (χ0v) is 12.0. The number of aryl methyl sites for hydroxylation is 1. The van der Waals surface area contributed by atoms with Gasteiger partial charge in [-0.1, -0.05) is 6.92 Å². The largest absolute Gasteiger partial charge is 0.465 e. The third-order valence-electron chi connectivity index (χ3n) is 2.41. The summed E-state index contributed by atoms with van der Waals surface area (Å²) in [5, 5.41) is 2.69. The lowest BCUT2D eigenvalue weighted by Gasteiger charge is -2.04. The quantitative estimate of drug-likeness (QED) is 0.552. The lowest BCUT2D eigenvalue weighted by molar-refractivity contribution is 0.0599. The number of ether oxygens (including phenoxy) is 1. The molecular formula is C11H18N2O5S. The smallest absolute Gasteiger partial charge is 0.341 e. The fourth-order valence-electron chi connectivity index (χ4n) is 1.42. The molecule has 0 spiro atoms. The van der Waals surface area contributed by atoms with Gasteiger partial charge in [0.15, 0.2) is 0 Å². The molecule has 19 heavy (non-hydrogen) atoms. The van der Waals surface area contributed by atoms with E-state index in [0.29, 0.717) is 6.54 Å². The van der Waals surface area contributed by atoms with Gasteiger partial charge in [-0.15, -0.1) is 0 Å². The van der Waals surface area contributed by atoms with Gasteiger partial charge in [0.25, 0.3) is 10.0 Å². The van der Waals surface area contributed by atoms with Crippen LogP contribution in [0.5, 0.6) is 0 Å². The van der Waals surface area contributed by atoms with Crippen LogP contribution in [0.15, 0.2) is 15.6 Å². The van der Waals surface area contributed by atoms with Crippen molar-refractivity contribution in [2.75, 3.05) is 26.7 Å². The maximum atomic E-state index is 11.9. The molecule has 1 aromatic heterocycles. The molecule has 8 heteroatoms. The lowest BCUT2D eigenvalue weighted by atomic mass is 10.3. The number of rotatable bonds is 7. The van der Waals surface area contributed by atoms with Gasteiger partial charge in [-0.3, -0.25) is 0 Å². The van der Waals surface area contributed by atoms with E-state index in [0.717, 1.165) is 12.6 Å². The van der Waals surface area contributed by atoms with Crippen LogP contribution in [0.1, 0.15) is 23.0 Å². The highest BCUT2D eigenvalue weighted by Gasteiger charge is 2.23. The SMILES string of the molecule is CCNCCNS(=O)(=O)c1cc(C(=O)OC)c(C)o1. The number of carbonyl (C=O) groups is 1. The minimum absolute atomic E-state index is 0.106. The second-order valence-corrected chi connectivity index (χ2v) is 5.48. The van der Waals surface area contributed by atoms with Gasteiger partial charge < -0.3 is 14.5 Å². The van der Waals surface area contributed by atoms with Gasteiger partial charge in [-0.2, -0.15) is 0 Å². The molecule has 0 radical (unpaired) electrons. The minimum Gasteiger partial charge on any atom is -0.465 e. The summed E-state index contributed by atoms with van der Waals surface area (Å²) in [7, 11) is -2.53. The van der Waals surface area contributed by atoms with Crippen molar-refractivity contribution in [3.8, 4) is 0 Å². The molecule has 0 saturated carbocycles. The van der Waals surface area contributed by atoms with Gasteiger partial charge >= 0.3 is 5.97 Å². The van der Waals surface area contributed by atoms with Crippen LogP contribution in [-0.2, 0) is 14.8 Å². The monoisotopic (exact) mass is 290 g/mol. The average Bonchev–Trinajstić information content (AvgIpc) is 2.77. The predicted octanol–water partition coefficient (Wildman–Crippen LogP) is 0.262. The van der Waals surface area contributed by atoms with Crippen LogP contribution in [0, 0.1) is 6.92 Å². The van der Waals surface area contributed by atoms with Gasteiger partial charge in [0.2, 0.25) is 5.09 Å². The van der Waals surface area contributed by atoms with Gasteiger partial charge in [0.05, 0.1) is 7.11 Å². The van der Waals surface area contributed by atoms with Crippen molar-refractivity contribution >= 4 is 16.0 Å². The van der Waals surface area contributed by atoms with Crippen LogP contribution in [-0.4, -0.2) is 41.1 Å². The summed E-state index contributed by atoms with van der Waals surface area (Å²) in [5.74, 6) is -0.422. The van der Waals surface area contributed by atoms with Gasteiger partial charge in [0.1, 0.15) is 11.3 Å². The zero-order chi connectivity index (χ0) is 14.5. The highest BCUT2D eigenvalue weighted by Crippen LogP contribution is 2.19. The highest BCUT2D eigenvalue weighted by molar-refractivity contribution is 7.89. The van der Waals surface area contributed by atoms with Crippen molar-refractivity contribution < 1.29 is 22.4 Å². The molecule has 2 N–H and O–H groups in total. The maximum absolute atomic E-state index is 11.9. The Morgan fingerprint density at radius 2 is 2.11 bits per heavy atom. The Labute approximate surface area is 112 Å². The van der Waals surface area contributed by atoms with E-state index < -0.39 is 16.0 Å². The third kappa shape index (κ3) is 4.05. The lowest BCUT2D eigenvalue weighted by Crippen LogP contribution is -2.31. The van der Waals surface area contributed by atoms with E-state index in [2.05, 4.69) is 14.8 Å². The molecule has 0 amide bonds. The fourth-order valence-corrected chi connectivity index (χ4v) is 2.44. The predicted molar refractivity (Wildman–Crippen MR) is 68.5 cm³/mol. The number of hydrogen-bond donors (Lipinski definition) is 2. The molecular weight excluding hydrogens is 272 g/mol. The minimum atomic E-state index is -3.75. The molecule has 1 heterocycles. The van der Waals surface area contributed by atoms with Crippen molar-refractivity contribution in [3.05, 3.63) is 17.4 Å². The first kappa shape index (κ1) is 15.7. The van der Waals surface area contributed by atoms with E-state index in [1.807, 2.05) is 6.92 Å². The Morgan fingerprint density at radius 1 is 1.42 bits per heavy atom. The summed E-state index contributed by atoms with van der Waals surface area (Å²) < 4.78 is 35.8. The number of sulfonamides is 1. The summed E-state index contributed by atoms with van der Waals surface area (Å²) >= 11 is 0. The molecule has 0 unspecified atom stereocenters. The summed E-state index contributed by atoms with van der Waals surface area (Å²) in [6, 6.07) is 1.16. The molecule has 0 atom stereocenters. The van der Waals surface area contributed by atoms with E-state index in [1.54, 1.807) is 0 Å². The highest BCUT2D eigenvalue weighted by atomic mass is 32.2. The van der Waals surface area contributed by atoms with Crippen LogP contribution in [0.3, 0.4) is 0 Å². The zero-order valence-electron chi connectivity index (χ0n) is 11.1. The first-order valence-electron chi connectivity index (χ1n) is 5.81. The summed E-state index contributed by atoms with van der Waals surface area (Å²) in [6.07, 6.45) is 0. The molecule has 0 aliphatic heterocycles. The molecule has 7 nitrogen and oxygen atoms in total. The molecule has 1 rings (SSSR count). The van der Waals surface area contributed by atoms with Crippen molar-refractivity contribution in [3.63, 3.8) is 0 Å². The number of nitrogens with one attached hydrogen (secondary N) is 2. The Hall–Kier alpha value is -1.38. The van der Waals surface area contributed by atoms with E-state index in [4.69, 9.17) is 4.42 Å². The Kier molecular flexibility index (Phi) is 5.52. The molecule has 0 aliphatic rings. The number of furan rings is 1. The summed E-state index contributed by atoms with van der Waals surface area (Å²) in [6.45, 7) is 4.94. The Morgan fingerprint density at radius 3 is 2.68 bits per heavy atom. The first-order valence-corrected chi connectivity index (χ1v) is 7.29. The van der Waals surface area contributed by atoms with Crippen molar-refractivity contribution in [2.45, 2.75) is 18.9 Å². The van der Waals surface area contributed by atoms with E-state index in [9.17, 15) is 13.2 Å². The molecule has 1 aromatic rings. The second kappa shape index (κ2) is 6.69. The van der Waals surface area contributed by atoms with Crippen LogP contribution >= 0.6 is 0 Å². The number of esters is 1. The third-order valence-corrected chi connectivity index (χ3v) is 3.72. The second-order valence-electron chi connectivity index (χ2n) is 3.78. The van der Waals surface area contributed by atoms with Crippen molar-refractivity contribution in [2.24, 2.45) is 0 Å². The van der Waals surface area contributed by atoms with E-state index in [-0.39, 0.29) is 23.0 Å². The molecule has 0 saturated heterocycles. The van der Waals surface area contributed by atoms with Crippen LogP contribution in [0.4, 0.5) is 0 Å². The van der Waals surface area contributed by atoms with E-state index >= 15 is 0 Å². The van der Waals surface area contributed by atoms with Gasteiger partial charge in [0, 0.05) is 19.2 Å². The maximum Gasteiger partial charge on any atom is 0.341 e. The number of methoxy groups -OCH3 is 1. The Bertz CT molecular complexity index is 535. The van der Waals surface area contributed by atoms with Crippen LogP contribution < -0.4 is 10.0 Å². The topological polar surface area (TPSA) is 97.6 Å². The normalized spacial score (nSPS) is 11.5. The number of hydrogen-bond acceptors (Lipinski definition) is 6. The van der Waals surface area contributed by atoms with Crippen LogP contribution in [0.25, 0.3) is 0 Å². The van der Waals surface area contributed by atoms with Crippen molar-refractivity contribution in [1.29, 1.82) is 0 Å². The van der Waals surface area contributed by atoms with Crippen LogP contribution in [0.2, 0.25) is 0 Å². The van der Waals surface area contributed by atoms with Gasteiger partial charge in [-0.25, -0.2) is 17.9 Å². The molecule has 0 bridgehead atoms.